The molecule has 5 rings (SSSR count). The first kappa shape index (κ1) is 33.4. The van der Waals surface area contributed by atoms with Gasteiger partial charge in [-0.15, -0.1) is 0 Å². The van der Waals surface area contributed by atoms with Crippen molar-refractivity contribution in [1.29, 1.82) is 0 Å². The Labute approximate surface area is 276 Å². The van der Waals surface area contributed by atoms with Gasteiger partial charge in [-0.2, -0.15) is 0 Å². The fourth-order valence-electron chi connectivity index (χ4n) is 6.85. The van der Waals surface area contributed by atoms with Crippen molar-refractivity contribution >= 4 is 17.2 Å². The first-order valence-electron chi connectivity index (χ1n) is 17.4. The fourth-order valence-corrected chi connectivity index (χ4v) is 6.85. The summed E-state index contributed by atoms with van der Waals surface area (Å²) >= 11 is 0. The van der Waals surface area contributed by atoms with E-state index in [1.807, 2.05) is 6.08 Å². The highest BCUT2D eigenvalue weighted by Gasteiger charge is 2.41. The molecule has 2 heterocycles. The van der Waals surface area contributed by atoms with Gasteiger partial charge in [0.15, 0.2) is 6.61 Å². The van der Waals surface area contributed by atoms with Crippen LogP contribution in [0.1, 0.15) is 102 Å². The van der Waals surface area contributed by atoms with Crippen molar-refractivity contribution in [2.24, 2.45) is 0 Å². The van der Waals surface area contributed by atoms with Crippen LogP contribution >= 0.6 is 0 Å². The highest BCUT2D eigenvalue weighted by molar-refractivity contribution is 6.01. The maximum Gasteiger partial charge on any atom is 0.288 e. The molecule has 0 fully saturated rings. The van der Waals surface area contributed by atoms with Crippen LogP contribution in [0.4, 0.5) is 11.4 Å². The smallest absolute Gasteiger partial charge is 0.288 e. The molecule has 3 aromatic carbocycles. The van der Waals surface area contributed by atoms with Crippen LogP contribution in [0.5, 0.6) is 0 Å². The van der Waals surface area contributed by atoms with Crippen molar-refractivity contribution in [3.05, 3.63) is 119 Å². The van der Waals surface area contributed by atoms with E-state index in [1.54, 1.807) is 0 Å². The Morgan fingerprint density at radius 1 is 0.804 bits per heavy atom. The molecule has 0 aromatic heterocycles. The Bertz CT molecular complexity index is 1450. The number of aliphatic hydroxyl groups excluding tert-OH is 1. The van der Waals surface area contributed by atoms with Gasteiger partial charge in [0.25, 0.3) is 5.95 Å². The predicted octanol–water partition coefficient (Wildman–Crippen LogP) is 10.2. The first-order chi connectivity index (χ1) is 22.4. The van der Waals surface area contributed by atoms with Crippen molar-refractivity contribution in [2.45, 2.75) is 103 Å². The van der Waals surface area contributed by atoms with E-state index in [9.17, 15) is 9.90 Å². The lowest BCUT2D eigenvalue weighted by atomic mass is 9.82. The van der Waals surface area contributed by atoms with Crippen molar-refractivity contribution in [1.82, 2.24) is 0 Å². The summed E-state index contributed by atoms with van der Waals surface area (Å²) in [6.45, 7) is 9.10. The average Bonchev–Trinajstić information content (AvgIpc) is 3.49. The summed E-state index contributed by atoms with van der Waals surface area (Å²) in [6.07, 6.45) is 14.8. The topological polar surface area (TPSA) is 53.0 Å². The molecule has 1 N–H and O–H groups in total. The number of unbranched alkanes of at least 4 members (excludes halogenated alkanes) is 9. The number of anilines is 2. The Hall–Kier alpha value is -3.99. The van der Waals surface area contributed by atoms with Gasteiger partial charge in [-0.05, 0) is 47.4 Å². The third kappa shape index (κ3) is 8.23. The minimum atomic E-state index is -0.370. The van der Waals surface area contributed by atoms with Crippen LogP contribution in [0.2, 0.25) is 0 Å². The molecule has 46 heavy (non-hydrogen) atoms. The molecule has 2 aliphatic heterocycles. The van der Waals surface area contributed by atoms with E-state index in [1.165, 1.54) is 85.9 Å². The average molecular weight is 621 g/mol. The Balaban J connectivity index is 1.39. The molecule has 0 saturated carbocycles. The minimum Gasteiger partial charge on any atom is -0.480 e. The van der Waals surface area contributed by atoms with E-state index in [-0.39, 0.29) is 29.3 Å². The van der Waals surface area contributed by atoms with Crippen molar-refractivity contribution in [3.63, 3.8) is 0 Å². The number of nitrogens with zero attached hydrogens (tertiary/aromatic N) is 2. The number of fused-ring (bicyclic) bond motifs is 1. The number of hydrogen-bond acceptors (Lipinski definition) is 5. The number of allylic oxidation sites excluding steroid dienone is 2. The number of aliphatic hydroxyl groups is 1. The molecule has 0 saturated heterocycles. The molecule has 5 nitrogen and oxygen atoms in total. The normalized spacial score (nSPS) is 16.3. The summed E-state index contributed by atoms with van der Waals surface area (Å²) in [7, 11) is 0. The van der Waals surface area contributed by atoms with Crippen LogP contribution in [-0.2, 0) is 28.0 Å². The quantitative estimate of drug-likeness (QED) is 0.152. The fraction of sp³-hybridized carbons (Fsp3) is 0.439. The van der Waals surface area contributed by atoms with E-state index in [4.69, 9.17) is 4.74 Å². The molecule has 0 radical (unpaired) electrons. The van der Waals surface area contributed by atoms with Crippen LogP contribution in [0, 0.1) is 0 Å². The number of carbonyl (C=O) groups excluding carboxylic acids is 1. The van der Waals surface area contributed by atoms with Gasteiger partial charge in [0.05, 0.1) is 0 Å². The monoisotopic (exact) mass is 620 g/mol. The zero-order chi connectivity index (χ0) is 32.4. The Morgan fingerprint density at radius 2 is 1.37 bits per heavy atom. The van der Waals surface area contributed by atoms with Crippen LogP contribution < -0.4 is 9.80 Å². The Morgan fingerprint density at radius 3 is 1.91 bits per heavy atom. The molecule has 244 valence electrons. The van der Waals surface area contributed by atoms with Gasteiger partial charge in [-0.1, -0.05) is 139 Å². The third-order valence-corrected chi connectivity index (χ3v) is 9.56. The molecule has 0 spiro atoms. The largest absolute Gasteiger partial charge is 0.480 e. The molecule has 0 amide bonds. The number of hydrogen-bond donors (Lipinski definition) is 1. The summed E-state index contributed by atoms with van der Waals surface area (Å²) in [4.78, 5) is 17.5. The summed E-state index contributed by atoms with van der Waals surface area (Å²) in [6, 6.07) is 28.1. The van der Waals surface area contributed by atoms with E-state index < -0.39 is 0 Å². The molecule has 0 aliphatic carbocycles. The van der Waals surface area contributed by atoms with Crippen molar-refractivity contribution in [2.75, 3.05) is 23.0 Å². The van der Waals surface area contributed by atoms with Crippen LogP contribution in [-0.4, -0.2) is 24.0 Å². The second-order valence-corrected chi connectivity index (χ2v) is 13.4. The van der Waals surface area contributed by atoms with Crippen molar-refractivity contribution in [3.8, 4) is 0 Å². The highest BCUT2D eigenvalue weighted by atomic mass is 16.6. The van der Waals surface area contributed by atoms with Crippen LogP contribution in [0.25, 0.3) is 0 Å². The number of benzene rings is 3. The molecular formula is C41H52N2O3. The van der Waals surface area contributed by atoms with Gasteiger partial charge >= 0.3 is 0 Å². The van der Waals surface area contributed by atoms with Crippen molar-refractivity contribution < 1.29 is 14.6 Å². The zero-order valence-corrected chi connectivity index (χ0v) is 28.1. The minimum absolute atomic E-state index is 0.102. The summed E-state index contributed by atoms with van der Waals surface area (Å²) in [5.41, 5.74) is 7.06. The third-order valence-electron chi connectivity index (χ3n) is 9.56. The summed E-state index contributed by atoms with van der Waals surface area (Å²) in [5.74, 6) is -0.436. The highest BCUT2D eigenvalue weighted by Crippen LogP contribution is 2.50. The maximum atomic E-state index is 12.7. The molecule has 0 unspecified atom stereocenters. The standard InChI is InChI=1S/C41H52N2O3/c1-4-5-6-7-8-9-10-11-12-19-26-43-37-25-24-34(27-36(37)41(2,3)39(43)28-35-38(44)31-46-40(35)45)42(29-32-20-15-13-16-21-32)30-33-22-17-14-18-23-33/h13-18,20-25,27-28,45H,4-12,19,26,29-31H2,1-3H3/b39-28+. The van der Waals surface area contributed by atoms with Gasteiger partial charge in [0.2, 0.25) is 5.78 Å². The Kier molecular flexibility index (Phi) is 11.6. The number of rotatable bonds is 17. The number of ketones is 1. The van der Waals surface area contributed by atoms with Gasteiger partial charge in [-0.25, -0.2) is 0 Å². The molecule has 3 aromatic rings. The predicted molar refractivity (Wildman–Crippen MR) is 190 cm³/mol. The molecule has 5 heteroatoms. The van der Waals surface area contributed by atoms with Gasteiger partial charge in [-0.3, -0.25) is 4.79 Å². The zero-order valence-electron chi connectivity index (χ0n) is 28.1. The van der Waals surface area contributed by atoms with E-state index in [0.29, 0.717) is 0 Å². The second-order valence-electron chi connectivity index (χ2n) is 13.4. The first-order valence-corrected chi connectivity index (χ1v) is 17.4. The SMILES string of the molecule is CCCCCCCCCCCCN1/C(=C/C2=C(O)OCC2=O)C(C)(C)c2cc(N(Cc3ccccc3)Cc3ccccc3)ccc21. The summed E-state index contributed by atoms with van der Waals surface area (Å²) < 4.78 is 5.21. The lowest BCUT2D eigenvalue weighted by molar-refractivity contribution is -0.116. The number of carbonyl (C=O) groups is 1. The number of Topliss-reactive ketones (excluding diaryl/α,β-unsaturated/α-hetero) is 1. The molecule has 2 aliphatic rings. The van der Waals surface area contributed by atoms with E-state index in [0.717, 1.165) is 31.8 Å². The van der Waals surface area contributed by atoms with Crippen LogP contribution in [0.15, 0.2) is 102 Å². The maximum absolute atomic E-state index is 12.7. The second kappa shape index (κ2) is 16.0. The van der Waals surface area contributed by atoms with Gasteiger partial charge in [0.1, 0.15) is 5.57 Å². The van der Waals surface area contributed by atoms with Crippen LogP contribution in [0.3, 0.4) is 0 Å². The van der Waals surface area contributed by atoms with Gasteiger partial charge < -0.3 is 19.6 Å². The molecule has 0 bridgehead atoms. The number of ether oxygens (including phenoxy) is 1. The molecule has 0 atom stereocenters. The summed E-state index contributed by atoms with van der Waals surface area (Å²) in [5, 5.41) is 10.4. The van der Waals surface area contributed by atoms with E-state index in [2.05, 4.69) is 109 Å². The van der Waals surface area contributed by atoms with E-state index >= 15 is 0 Å². The lowest BCUT2D eigenvalue weighted by Gasteiger charge is -2.28. The lowest BCUT2D eigenvalue weighted by Crippen LogP contribution is -2.27. The van der Waals surface area contributed by atoms with Gasteiger partial charge in [0, 0.05) is 42.1 Å². The molecular weight excluding hydrogens is 568 g/mol.